The highest BCUT2D eigenvalue weighted by Crippen LogP contribution is 2.29. The van der Waals surface area contributed by atoms with E-state index in [4.69, 9.17) is 4.98 Å². The normalized spacial score (nSPS) is 18.3. The molecule has 2 aromatic carbocycles. The van der Waals surface area contributed by atoms with Crippen LogP contribution in [-0.2, 0) is 11.3 Å². The number of nitrogens with zero attached hydrogens (tertiary/aromatic N) is 4. The van der Waals surface area contributed by atoms with Gasteiger partial charge >= 0.3 is 0 Å². The summed E-state index contributed by atoms with van der Waals surface area (Å²) in [6, 6.07) is 17.8. The van der Waals surface area contributed by atoms with Gasteiger partial charge in [-0.25, -0.2) is 4.98 Å². The number of rotatable bonds is 5. The van der Waals surface area contributed by atoms with Gasteiger partial charge in [0.05, 0.1) is 23.5 Å². The zero-order chi connectivity index (χ0) is 24.5. The van der Waals surface area contributed by atoms with Crippen LogP contribution in [0.3, 0.4) is 0 Å². The van der Waals surface area contributed by atoms with Crippen LogP contribution in [0.1, 0.15) is 58.5 Å². The molecule has 2 unspecified atom stereocenters. The second-order valence-corrected chi connectivity index (χ2v) is 10.4. The van der Waals surface area contributed by atoms with Crippen molar-refractivity contribution in [1.29, 1.82) is 0 Å². The van der Waals surface area contributed by atoms with Gasteiger partial charge in [-0.15, -0.1) is 0 Å². The van der Waals surface area contributed by atoms with Gasteiger partial charge in [0.25, 0.3) is 5.56 Å². The van der Waals surface area contributed by atoms with E-state index in [2.05, 4.69) is 18.7 Å². The predicted octanol–water partition coefficient (Wildman–Crippen LogP) is 4.47. The lowest BCUT2D eigenvalue weighted by atomic mass is 9.93. The molecule has 2 heterocycles. The maximum atomic E-state index is 13.6. The van der Waals surface area contributed by atoms with Crippen molar-refractivity contribution < 1.29 is 4.79 Å². The summed E-state index contributed by atoms with van der Waals surface area (Å²) in [7, 11) is 0. The minimum Gasteiger partial charge on any atom is -0.337 e. The molecule has 2 atom stereocenters. The summed E-state index contributed by atoms with van der Waals surface area (Å²) < 4.78 is 1.85. The molecular formula is C28H36N4O2. The molecule has 1 fully saturated rings. The molecule has 1 aliphatic heterocycles. The van der Waals surface area contributed by atoms with Crippen LogP contribution in [0.5, 0.6) is 0 Å². The first-order valence-corrected chi connectivity index (χ1v) is 12.3. The Morgan fingerprint density at radius 3 is 2.38 bits per heavy atom. The molecule has 1 saturated heterocycles. The smallest absolute Gasteiger partial charge is 0.261 e. The van der Waals surface area contributed by atoms with Crippen LogP contribution in [0.15, 0.2) is 59.4 Å². The van der Waals surface area contributed by atoms with Gasteiger partial charge in [-0.2, -0.15) is 0 Å². The average molecular weight is 461 g/mol. The van der Waals surface area contributed by atoms with E-state index >= 15 is 0 Å². The lowest BCUT2D eigenvalue weighted by Crippen LogP contribution is -2.57. The number of amides is 1. The third-order valence-electron chi connectivity index (χ3n) is 6.76. The number of hydrogen-bond donors (Lipinski definition) is 0. The second-order valence-electron chi connectivity index (χ2n) is 10.4. The Labute approximate surface area is 202 Å². The zero-order valence-electron chi connectivity index (χ0n) is 21.0. The predicted molar refractivity (Wildman–Crippen MR) is 137 cm³/mol. The van der Waals surface area contributed by atoms with E-state index in [0.717, 1.165) is 36.4 Å². The molecule has 1 aliphatic rings. The number of benzene rings is 2. The van der Waals surface area contributed by atoms with Gasteiger partial charge in [0.1, 0.15) is 5.82 Å². The summed E-state index contributed by atoms with van der Waals surface area (Å²) >= 11 is 0. The highest BCUT2D eigenvalue weighted by molar-refractivity contribution is 5.82. The molecule has 0 radical (unpaired) electrons. The van der Waals surface area contributed by atoms with E-state index in [0.29, 0.717) is 18.5 Å². The number of carbonyl (C=O) groups is 1. The van der Waals surface area contributed by atoms with Gasteiger partial charge in [0, 0.05) is 31.1 Å². The third-order valence-corrected chi connectivity index (χ3v) is 6.76. The zero-order valence-corrected chi connectivity index (χ0v) is 21.0. The fraction of sp³-hybridized carbons (Fsp3) is 0.464. The van der Waals surface area contributed by atoms with Crippen molar-refractivity contribution in [3.8, 4) is 0 Å². The van der Waals surface area contributed by atoms with Crippen molar-refractivity contribution in [2.45, 2.75) is 59.7 Å². The number of piperazine rings is 1. The van der Waals surface area contributed by atoms with Gasteiger partial charge in [0.2, 0.25) is 5.91 Å². The quantitative estimate of drug-likeness (QED) is 0.564. The molecule has 3 aromatic rings. The number of para-hydroxylation sites is 1. The summed E-state index contributed by atoms with van der Waals surface area (Å²) in [5, 5.41) is 0.644. The molecule has 6 heteroatoms. The van der Waals surface area contributed by atoms with E-state index in [1.54, 1.807) is 0 Å². The molecule has 0 saturated carbocycles. The average Bonchev–Trinajstić information content (AvgIpc) is 2.82. The molecule has 0 N–H and O–H groups in total. The Bertz CT molecular complexity index is 1210. The standard InChI is InChI=1S/C28H36N4O2/c1-6-24(30-16-17-31(20(2)18-30)27(34)28(3,4)5)25-29-23-15-11-10-14-22(23)26(33)32(25)19-21-12-8-7-9-13-21/h7-15,20,24H,6,16-19H2,1-5H3. The first-order valence-electron chi connectivity index (χ1n) is 12.3. The van der Waals surface area contributed by atoms with Crippen molar-refractivity contribution in [2.24, 2.45) is 5.41 Å². The molecular weight excluding hydrogens is 424 g/mol. The van der Waals surface area contributed by atoms with Gasteiger partial charge in [0.15, 0.2) is 0 Å². The Hall–Kier alpha value is -2.99. The molecule has 0 spiro atoms. The molecule has 4 rings (SSSR count). The Morgan fingerprint density at radius 2 is 1.74 bits per heavy atom. The minimum absolute atomic E-state index is 0.00232. The lowest BCUT2D eigenvalue weighted by molar-refractivity contribution is -0.144. The van der Waals surface area contributed by atoms with Crippen LogP contribution in [-0.4, -0.2) is 50.9 Å². The van der Waals surface area contributed by atoms with Crippen molar-refractivity contribution in [3.63, 3.8) is 0 Å². The van der Waals surface area contributed by atoms with Crippen LogP contribution in [0, 0.1) is 5.41 Å². The Balaban J connectivity index is 1.72. The van der Waals surface area contributed by atoms with Gasteiger partial charge < -0.3 is 4.90 Å². The van der Waals surface area contributed by atoms with Gasteiger partial charge in [-0.05, 0) is 31.0 Å². The maximum Gasteiger partial charge on any atom is 0.261 e. The van der Waals surface area contributed by atoms with E-state index in [1.807, 2.05) is 84.8 Å². The fourth-order valence-electron chi connectivity index (χ4n) is 4.96. The van der Waals surface area contributed by atoms with Gasteiger partial charge in [-0.1, -0.05) is 70.2 Å². The molecule has 0 aliphatic carbocycles. The summed E-state index contributed by atoms with van der Waals surface area (Å²) in [5.41, 5.74) is 1.42. The number of aromatic nitrogens is 2. The first kappa shape index (κ1) is 24.1. The van der Waals surface area contributed by atoms with Crippen molar-refractivity contribution in [3.05, 3.63) is 76.3 Å². The van der Waals surface area contributed by atoms with Crippen molar-refractivity contribution >= 4 is 16.8 Å². The van der Waals surface area contributed by atoms with Crippen molar-refractivity contribution in [1.82, 2.24) is 19.4 Å². The largest absolute Gasteiger partial charge is 0.337 e. The summed E-state index contributed by atoms with van der Waals surface area (Å²) in [6.07, 6.45) is 0.833. The summed E-state index contributed by atoms with van der Waals surface area (Å²) in [6.45, 7) is 12.9. The maximum absolute atomic E-state index is 13.6. The highest BCUT2D eigenvalue weighted by atomic mass is 16.2. The first-order chi connectivity index (χ1) is 16.2. The van der Waals surface area contributed by atoms with Crippen molar-refractivity contribution in [2.75, 3.05) is 19.6 Å². The third kappa shape index (κ3) is 4.78. The van der Waals surface area contributed by atoms with Gasteiger partial charge in [-0.3, -0.25) is 19.1 Å². The molecule has 1 amide bonds. The van der Waals surface area contributed by atoms with Crippen LogP contribution in [0.4, 0.5) is 0 Å². The molecule has 34 heavy (non-hydrogen) atoms. The number of carbonyl (C=O) groups excluding carboxylic acids is 1. The SMILES string of the molecule is CCC(c1nc2ccccc2c(=O)n1Cc1ccccc1)N1CCN(C(=O)C(C)(C)C)C(C)C1. The van der Waals surface area contributed by atoms with E-state index in [1.165, 1.54) is 0 Å². The molecule has 180 valence electrons. The monoisotopic (exact) mass is 460 g/mol. The van der Waals surface area contributed by atoms with Crippen LogP contribution < -0.4 is 5.56 Å². The second kappa shape index (κ2) is 9.71. The fourth-order valence-corrected chi connectivity index (χ4v) is 4.96. The number of hydrogen-bond acceptors (Lipinski definition) is 4. The van der Waals surface area contributed by atoms with E-state index in [-0.39, 0.29) is 23.6 Å². The lowest BCUT2D eigenvalue weighted by Gasteiger charge is -2.45. The molecule has 0 bridgehead atoms. The Morgan fingerprint density at radius 1 is 1.06 bits per heavy atom. The molecule has 1 aromatic heterocycles. The summed E-state index contributed by atoms with van der Waals surface area (Å²) in [5.74, 6) is 0.996. The Kier molecular flexibility index (Phi) is 6.89. The van der Waals surface area contributed by atoms with E-state index < -0.39 is 5.41 Å². The van der Waals surface area contributed by atoms with Crippen LogP contribution in [0.2, 0.25) is 0 Å². The molecule has 6 nitrogen and oxygen atoms in total. The van der Waals surface area contributed by atoms with E-state index in [9.17, 15) is 9.59 Å². The minimum atomic E-state index is -0.392. The van der Waals surface area contributed by atoms with Crippen LogP contribution in [0.25, 0.3) is 10.9 Å². The number of fused-ring (bicyclic) bond motifs is 1. The summed E-state index contributed by atoms with van der Waals surface area (Å²) in [4.78, 5) is 36.0. The highest BCUT2D eigenvalue weighted by Gasteiger charge is 2.36. The van der Waals surface area contributed by atoms with Crippen LogP contribution >= 0.6 is 0 Å². The topological polar surface area (TPSA) is 58.4 Å².